The summed E-state index contributed by atoms with van der Waals surface area (Å²) >= 11 is 0. The number of aliphatic hydroxyl groups is 1. The SMILES string of the molecule is CCCCCCCCCCCCCCCCCCCCCC(=O)O[C@H](COC(=O)CCCCCCCCCCCCCCCCCCCC)COP(=O)(O)OC[C@@H](O)COP(=O)(O)OC[C@@H](COC(=O)CCCCCCCCCC(C)C)OC(=O)CCCCCCCCCCCCCC(C)C. The molecule has 0 saturated carbocycles. The third-order valence-electron chi connectivity index (χ3n) is 19.2. The number of hydrogen-bond donors (Lipinski definition) is 3. The van der Waals surface area contributed by atoms with Crippen LogP contribution in [0.1, 0.15) is 433 Å². The Labute approximate surface area is 619 Å². The average Bonchev–Trinajstić information content (AvgIpc) is 1.01. The van der Waals surface area contributed by atoms with E-state index in [1.165, 1.54) is 244 Å². The summed E-state index contributed by atoms with van der Waals surface area (Å²) < 4.78 is 68.7. The first kappa shape index (κ1) is 99.1. The normalized spacial score (nSPS) is 13.9. The van der Waals surface area contributed by atoms with Crippen LogP contribution in [0.4, 0.5) is 0 Å². The second kappa shape index (κ2) is 73.6. The lowest BCUT2D eigenvalue weighted by molar-refractivity contribution is -0.161. The third kappa shape index (κ3) is 76.1. The van der Waals surface area contributed by atoms with E-state index in [1.807, 2.05) is 0 Å². The number of rotatable bonds is 81. The molecule has 600 valence electrons. The van der Waals surface area contributed by atoms with Crippen LogP contribution in [0.15, 0.2) is 0 Å². The number of esters is 4. The minimum absolute atomic E-state index is 0.106. The molecule has 0 aromatic rings. The molecular formula is C82H160O17P2. The molecule has 0 rings (SSSR count). The van der Waals surface area contributed by atoms with Crippen LogP contribution in [0.5, 0.6) is 0 Å². The summed E-state index contributed by atoms with van der Waals surface area (Å²) in [6, 6.07) is 0. The van der Waals surface area contributed by atoms with E-state index in [4.69, 9.17) is 37.0 Å². The largest absolute Gasteiger partial charge is 0.472 e. The molecule has 0 spiro atoms. The number of ether oxygens (including phenoxy) is 4. The van der Waals surface area contributed by atoms with Crippen LogP contribution in [0.3, 0.4) is 0 Å². The van der Waals surface area contributed by atoms with E-state index in [9.17, 15) is 43.2 Å². The van der Waals surface area contributed by atoms with Gasteiger partial charge in [-0.2, -0.15) is 0 Å². The zero-order valence-corrected chi connectivity index (χ0v) is 68.0. The molecule has 0 aliphatic heterocycles. The number of phosphoric ester groups is 2. The number of phosphoric acid groups is 2. The van der Waals surface area contributed by atoms with Crippen LogP contribution in [-0.4, -0.2) is 96.7 Å². The Balaban J connectivity index is 5.23. The summed E-state index contributed by atoms with van der Waals surface area (Å²) in [5, 5.41) is 10.6. The van der Waals surface area contributed by atoms with Gasteiger partial charge in [-0.15, -0.1) is 0 Å². The Hall–Kier alpha value is -1.94. The zero-order chi connectivity index (χ0) is 74.2. The van der Waals surface area contributed by atoms with Crippen molar-refractivity contribution >= 4 is 39.5 Å². The maximum Gasteiger partial charge on any atom is 0.472 e. The zero-order valence-electron chi connectivity index (χ0n) is 66.2. The number of carbonyl (C=O) groups is 4. The molecule has 0 heterocycles. The fraction of sp³-hybridized carbons (Fsp3) is 0.951. The standard InChI is InChI=1S/C82H160O17P2/c1-7-9-11-13-15-17-19-21-23-25-27-29-31-33-37-41-47-54-60-66-81(86)98-77(70-92-79(84)64-58-52-46-40-36-32-30-28-26-24-22-20-18-16-14-12-10-8-2)72-96-100(88,89)94-68-76(83)69-95-101(90,91)97-73-78(71-93-80(85)65-59-53-49-43-45-51-57-63-75(5)6)99-82(87)67-61-55-48-42-38-34-35-39-44-50-56-62-74(3)4/h74-78,83H,7-73H2,1-6H3,(H,88,89)(H,90,91)/t76-,77-,78-/m1/s1. The summed E-state index contributed by atoms with van der Waals surface area (Å²) in [5.74, 6) is -0.638. The molecule has 101 heavy (non-hydrogen) atoms. The Kier molecular flexibility index (Phi) is 72.2. The van der Waals surface area contributed by atoms with Gasteiger partial charge in [-0.25, -0.2) is 9.13 Å². The van der Waals surface area contributed by atoms with Crippen molar-refractivity contribution in [3.05, 3.63) is 0 Å². The Morgan fingerprint density at radius 2 is 0.455 bits per heavy atom. The molecule has 0 aliphatic carbocycles. The smallest absolute Gasteiger partial charge is 0.462 e. The monoisotopic (exact) mass is 1480 g/mol. The van der Waals surface area contributed by atoms with E-state index in [2.05, 4.69) is 41.5 Å². The van der Waals surface area contributed by atoms with Gasteiger partial charge in [-0.05, 0) is 37.5 Å². The van der Waals surface area contributed by atoms with Gasteiger partial charge in [0.1, 0.15) is 19.3 Å². The van der Waals surface area contributed by atoms with Crippen LogP contribution in [-0.2, 0) is 65.4 Å². The van der Waals surface area contributed by atoms with Gasteiger partial charge in [-0.3, -0.25) is 37.3 Å². The minimum atomic E-state index is -4.96. The molecule has 0 bridgehead atoms. The average molecular weight is 1480 g/mol. The Morgan fingerprint density at radius 1 is 0.267 bits per heavy atom. The van der Waals surface area contributed by atoms with Gasteiger partial charge in [0.15, 0.2) is 12.2 Å². The van der Waals surface area contributed by atoms with Gasteiger partial charge in [0.2, 0.25) is 0 Å². The first-order valence-corrected chi connectivity index (χ1v) is 45.5. The van der Waals surface area contributed by atoms with Gasteiger partial charge < -0.3 is 33.8 Å². The number of hydrogen-bond acceptors (Lipinski definition) is 15. The van der Waals surface area contributed by atoms with Gasteiger partial charge >= 0.3 is 39.5 Å². The van der Waals surface area contributed by atoms with E-state index >= 15 is 0 Å². The second-order valence-electron chi connectivity index (χ2n) is 30.5. The molecule has 0 aliphatic rings. The Bertz CT molecular complexity index is 1940. The van der Waals surface area contributed by atoms with Crippen molar-refractivity contribution in [3.63, 3.8) is 0 Å². The molecule has 2 unspecified atom stereocenters. The molecule has 0 fully saturated rings. The van der Waals surface area contributed by atoms with E-state index in [0.29, 0.717) is 31.6 Å². The van der Waals surface area contributed by atoms with Crippen LogP contribution >= 0.6 is 15.6 Å². The lowest BCUT2D eigenvalue weighted by Gasteiger charge is -2.21. The Morgan fingerprint density at radius 3 is 0.673 bits per heavy atom. The van der Waals surface area contributed by atoms with Gasteiger partial charge in [0.05, 0.1) is 26.4 Å². The molecule has 3 N–H and O–H groups in total. The number of aliphatic hydroxyl groups excluding tert-OH is 1. The molecule has 19 heteroatoms. The van der Waals surface area contributed by atoms with E-state index in [0.717, 1.165) is 102 Å². The van der Waals surface area contributed by atoms with Crippen molar-refractivity contribution in [1.82, 2.24) is 0 Å². The second-order valence-corrected chi connectivity index (χ2v) is 33.4. The first-order chi connectivity index (χ1) is 48.9. The van der Waals surface area contributed by atoms with Crippen LogP contribution in [0.2, 0.25) is 0 Å². The van der Waals surface area contributed by atoms with E-state index in [1.54, 1.807) is 0 Å². The lowest BCUT2D eigenvalue weighted by atomic mass is 10.0. The highest BCUT2D eigenvalue weighted by Crippen LogP contribution is 2.45. The molecule has 0 radical (unpaired) electrons. The first-order valence-electron chi connectivity index (χ1n) is 42.5. The van der Waals surface area contributed by atoms with Gasteiger partial charge in [0, 0.05) is 25.7 Å². The van der Waals surface area contributed by atoms with Crippen LogP contribution < -0.4 is 0 Å². The minimum Gasteiger partial charge on any atom is -0.462 e. The van der Waals surface area contributed by atoms with Crippen molar-refractivity contribution < 1.29 is 80.2 Å². The van der Waals surface area contributed by atoms with Crippen molar-refractivity contribution in [2.75, 3.05) is 39.6 Å². The molecular weight excluding hydrogens is 1320 g/mol. The van der Waals surface area contributed by atoms with Gasteiger partial charge in [-0.1, -0.05) is 382 Å². The van der Waals surface area contributed by atoms with Crippen molar-refractivity contribution in [3.8, 4) is 0 Å². The maximum absolute atomic E-state index is 13.1. The number of carbonyl (C=O) groups excluding carboxylic acids is 4. The summed E-state index contributed by atoms with van der Waals surface area (Å²) in [6.07, 6.45) is 64.0. The maximum atomic E-state index is 13.1. The molecule has 17 nitrogen and oxygen atoms in total. The van der Waals surface area contributed by atoms with E-state index < -0.39 is 97.5 Å². The van der Waals surface area contributed by atoms with Crippen molar-refractivity contribution in [2.24, 2.45) is 11.8 Å². The molecule has 5 atom stereocenters. The molecule has 0 saturated heterocycles. The molecule has 0 aromatic heterocycles. The predicted molar refractivity (Wildman–Crippen MR) is 414 cm³/mol. The van der Waals surface area contributed by atoms with Crippen LogP contribution in [0, 0.1) is 11.8 Å². The third-order valence-corrected chi connectivity index (χ3v) is 21.1. The lowest BCUT2D eigenvalue weighted by Crippen LogP contribution is -2.30. The quantitative estimate of drug-likeness (QED) is 0.0222. The summed E-state index contributed by atoms with van der Waals surface area (Å²) in [6.45, 7) is 9.59. The fourth-order valence-corrected chi connectivity index (χ4v) is 14.3. The number of unbranched alkanes of at least 4 members (excludes halogenated alkanes) is 51. The summed E-state index contributed by atoms with van der Waals surface area (Å²) in [7, 11) is -9.92. The predicted octanol–water partition coefficient (Wildman–Crippen LogP) is 24.7. The topological polar surface area (TPSA) is 237 Å². The van der Waals surface area contributed by atoms with Crippen molar-refractivity contribution in [2.45, 2.75) is 452 Å². The van der Waals surface area contributed by atoms with E-state index in [-0.39, 0.29) is 25.7 Å². The van der Waals surface area contributed by atoms with Crippen LogP contribution in [0.25, 0.3) is 0 Å². The van der Waals surface area contributed by atoms with Gasteiger partial charge in [0.25, 0.3) is 0 Å². The summed E-state index contributed by atoms with van der Waals surface area (Å²) in [4.78, 5) is 73.0. The highest BCUT2D eigenvalue weighted by molar-refractivity contribution is 7.47. The molecule has 0 aromatic carbocycles. The summed E-state index contributed by atoms with van der Waals surface area (Å²) in [5.41, 5.74) is 0. The fourth-order valence-electron chi connectivity index (χ4n) is 12.7. The molecule has 0 amide bonds. The highest BCUT2D eigenvalue weighted by atomic mass is 31.2. The highest BCUT2D eigenvalue weighted by Gasteiger charge is 2.30. The van der Waals surface area contributed by atoms with Crippen molar-refractivity contribution in [1.29, 1.82) is 0 Å².